The lowest BCUT2D eigenvalue weighted by Gasteiger charge is -2.22. The number of halogens is 5. The molecule has 0 aliphatic carbocycles. The van der Waals surface area contributed by atoms with Crippen LogP contribution in [0.4, 0.5) is 13.2 Å². The fourth-order valence-corrected chi connectivity index (χ4v) is 3.62. The van der Waals surface area contributed by atoms with Crippen molar-refractivity contribution in [2.24, 2.45) is 0 Å². The highest BCUT2D eigenvalue weighted by Crippen LogP contribution is 2.33. The lowest BCUT2D eigenvalue weighted by atomic mass is 10.3. The van der Waals surface area contributed by atoms with Crippen LogP contribution in [0.1, 0.15) is 15.4 Å². The maximum atomic E-state index is 12.7. The summed E-state index contributed by atoms with van der Waals surface area (Å²) in [6.45, 7) is -1.57. The first-order valence-corrected chi connectivity index (χ1v) is 8.00. The number of rotatable bonds is 4. The number of thiophene rings is 1. The minimum atomic E-state index is -4.48. The Hall–Kier alpha value is -0.800. The maximum Gasteiger partial charge on any atom is 0.406 e. The zero-order chi connectivity index (χ0) is 15.6. The second-order valence-electron chi connectivity index (χ2n) is 4.09. The molecule has 0 aromatic carbocycles. The largest absolute Gasteiger partial charge is 0.467 e. The summed E-state index contributed by atoms with van der Waals surface area (Å²) in [7, 11) is 0. The highest BCUT2D eigenvalue weighted by atomic mass is 79.9. The number of amides is 1. The lowest BCUT2D eigenvalue weighted by molar-refractivity contribution is -0.142. The number of furan rings is 1. The smallest absolute Gasteiger partial charge is 0.406 e. The molecule has 0 aliphatic rings. The predicted molar refractivity (Wildman–Crippen MR) is 79.2 cm³/mol. The quantitative estimate of drug-likeness (QED) is 0.656. The Bertz CT molecular complexity index is 605. The van der Waals surface area contributed by atoms with E-state index in [1.165, 1.54) is 18.4 Å². The molecule has 2 aromatic heterocycles. The molecule has 0 unspecified atom stereocenters. The Labute approximate surface area is 139 Å². The molecule has 21 heavy (non-hydrogen) atoms. The van der Waals surface area contributed by atoms with Gasteiger partial charge < -0.3 is 9.32 Å². The normalized spacial score (nSPS) is 11.7. The molecule has 2 rings (SSSR count). The molecule has 9 heteroatoms. The molecule has 0 N–H and O–H groups in total. The zero-order valence-corrected chi connectivity index (χ0v) is 14.3. The Balaban J connectivity index is 2.23. The van der Waals surface area contributed by atoms with E-state index >= 15 is 0 Å². The summed E-state index contributed by atoms with van der Waals surface area (Å²) >= 11 is 7.49. The first-order chi connectivity index (χ1) is 9.76. The van der Waals surface area contributed by atoms with Crippen molar-refractivity contribution in [2.45, 2.75) is 12.7 Å². The van der Waals surface area contributed by atoms with Gasteiger partial charge in [-0.1, -0.05) is 0 Å². The van der Waals surface area contributed by atoms with E-state index in [0.717, 1.165) is 11.3 Å². The van der Waals surface area contributed by atoms with Crippen molar-refractivity contribution in [3.8, 4) is 0 Å². The van der Waals surface area contributed by atoms with Crippen LogP contribution in [0.3, 0.4) is 0 Å². The Morgan fingerprint density at radius 2 is 2.10 bits per heavy atom. The fraction of sp³-hybridized carbons (Fsp3) is 0.250. The van der Waals surface area contributed by atoms with Crippen LogP contribution in [-0.4, -0.2) is 23.5 Å². The average molecular weight is 447 g/mol. The van der Waals surface area contributed by atoms with E-state index in [1.54, 1.807) is 6.07 Å². The molecule has 0 radical (unpaired) electrons. The minimum absolute atomic E-state index is 0.213. The number of nitrogens with zero attached hydrogens (tertiary/aromatic N) is 1. The number of hydrogen-bond donors (Lipinski definition) is 0. The van der Waals surface area contributed by atoms with Gasteiger partial charge in [0.05, 0.1) is 21.5 Å². The summed E-state index contributed by atoms with van der Waals surface area (Å²) in [5.41, 5.74) is 0. The molecular formula is C12H8Br2F3NO2S. The van der Waals surface area contributed by atoms with Gasteiger partial charge in [0.25, 0.3) is 5.91 Å². The van der Waals surface area contributed by atoms with Crippen LogP contribution in [-0.2, 0) is 6.54 Å². The standard InChI is InChI=1S/C12H8Br2F3NO2S/c13-8-4-9(21-10(8)14)11(19)18(6-12(15,16)17)5-7-2-1-3-20-7/h1-4H,5-6H2. The van der Waals surface area contributed by atoms with E-state index in [-0.39, 0.29) is 11.4 Å². The SMILES string of the molecule is O=C(c1cc(Br)c(Br)s1)N(Cc1ccco1)CC(F)(F)F. The van der Waals surface area contributed by atoms with Crippen molar-refractivity contribution in [1.29, 1.82) is 0 Å². The van der Waals surface area contributed by atoms with Gasteiger partial charge in [0.15, 0.2) is 0 Å². The average Bonchev–Trinajstić information content (AvgIpc) is 2.97. The van der Waals surface area contributed by atoms with E-state index < -0.39 is 18.6 Å². The molecule has 114 valence electrons. The van der Waals surface area contributed by atoms with Crippen molar-refractivity contribution in [1.82, 2.24) is 4.90 Å². The molecule has 0 aliphatic heterocycles. The molecule has 2 heterocycles. The second kappa shape index (κ2) is 6.53. The second-order valence-corrected chi connectivity index (χ2v) is 7.31. The van der Waals surface area contributed by atoms with Gasteiger partial charge in [-0.15, -0.1) is 11.3 Å². The minimum Gasteiger partial charge on any atom is -0.467 e. The Morgan fingerprint density at radius 3 is 2.57 bits per heavy atom. The summed E-state index contributed by atoms with van der Waals surface area (Å²) in [6.07, 6.45) is -3.13. The molecule has 1 amide bonds. The van der Waals surface area contributed by atoms with Gasteiger partial charge in [-0.3, -0.25) is 4.79 Å². The van der Waals surface area contributed by atoms with Crippen LogP contribution in [0.2, 0.25) is 0 Å². The number of carbonyl (C=O) groups is 1. The molecule has 0 spiro atoms. The van der Waals surface area contributed by atoms with Crippen molar-refractivity contribution in [2.75, 3.05) is 6.54 Å². The first-order valence-electron chi connectivity index (χ1n) is 5.59. The molecule has 3 nitrogen and oxygen atoms in total. The van der Waals surface area contributed by atoms with Crippen LogP contribution >= 0.6 is 43.2 Å². The number of hydrogen-bond acceptors (Lipinski definition) is 3. The predicted octanol–water partition coefficient (Wildman–Crippen LogP) is 5.07. The molecular weight excluding hydrogens is 439 g/mol. The van der Waals surface area contributed by atoms with Gasteiger partial charge in [-0.05, 0) is 50.1 Å². The molecule has 2 aromatic rings. The third-order valence-corrected chi connectivity index (χ3v) is 5.68. The summed E-state index contributed by atoms with van der Waals surface area (Å²) in [5.74, 6) is -0.401. The lowest BCUT2D eigenvalue weighted by Crippen LogP contribution is -2.38. The van der Waals surface area contributed by atoms with Gasteiger partial charge in [-0.2, -0.15) is 13.2 Å². The van der Waals surface area contributed by atoms with Gasteiger partial charge in [-0.25, -0.2) is 0 Å². The van der Waals surface area contributed by atoms with E-state index in [9.17, 15) is 18.0 Å². The first kappa shape index (κ1) is 16.6. The highest BCUT2D eigenvalue weighted by Gasteiger charge is 2.34. The third-order valence-electron chi connectivity index (χ3n) is 2.44. The van der Waals surface area contributed by atoms with Gasteiger partial charge in [0, 0.05) is 4.47 Å². The zero-order valence-electron chi connectivity index (χ0n) is 10.3. The molecule has 0 atom stereocenters. The highest BCUT2D eigenvalue weighted by molar-refractivity contribution is 9.13. The Kier molecular flexibility index (Phi) is 5.15. The topological polar surface area (TPSA) is 33.5 Å². The molecule has 0 saturated carbocycles. The number of alkyl halides is 3. The van der Waals surface area contributed by atoms with Gasteiger partial charge >= 0.3 is 6.18 Å². The molecule has 0 bridgehead atoms. The van der Waals surface area contributed by atoms with E-state index in [0.29, 0.717) is 18.9 Å². The van der Waals surface area contributed by atoms with Crippen molar-refractivity contribution >= 4 is 49.1 Å². The summed E-state index contributed by atoms with van der Waals surface area (Å²) in [4.78, 5) is 13.2. The van der Waals surface area contributed by atoms with Gasteiger partial charge in [0.2, 0.25) is 0 Å². The van der Waals surface area contributed by atoms with Crippen molar-refractivity contribution in [3.63, 3.8) is 0 Å². The monoisotopic (exact) mass is 445 g/mol. The third kappa shape index (κ3) is 4.58. The van der Waals surface area contributed by atoms with Gasteiger partial charge in [0.1, 0.15) is 12.3 Å². The fourth-order valence-electron chi connectivity index (χ4n) is 1.61. The van der Waals surface area contributed by atoms with Crippen LogP contribution < -0.4 is 0 Å². The number of carbonyl (C=O) groups excluding carboxylic acids is 1. The van der Waals surface area contributed by atoms with E-state index in [2.05, 4.69) is 31.9 Å². The van der Waals surface area contributed by atoms with Crippen LogP contribution in [0.15, 0.2) is 37.1 Å². The molecule has 0 fully saturated rings. The van der Waals surface area contributed by atoms with Crippen molar-refractivity contribution < 1.29 is 22.4 Å². The Morgan fingerprint density at radius 1 is 1.38 bits per heavy atom. The van der Waals surface area contributed by atoms with Crippen LogP contribution in [0.25, 0.3) is 0 Å². The van der Waals surface area contributed by atoms with Crippen LogP contribution in [0.5, 0.6) is 0 Å². The van der Waals surface area contributed by atoms with E-state index in [1.807, 2.05) is 0 Å². The van der Waals surface area contributed by atoms with Crippen LogP contribution in [0, 0.1) is 0 Å². The van der Waals surface area contributed by atoms with Crippen molar-refractivity contribution in [3.05, 3.63) is 43.4 Å². The summed E-state index contributed by atoms with van der Waals surface area (Å²) in [6, 6.07) is 4.57. The maximum absolute atomic E-state index is 12.7. The summed E-state index contributed by atoms with van der Waals surface area (Å²) < 4.78 is 44.3. The molecule has 0 saturated heterocycles. The van der Waals surface area contributed by atoms with E-state index in [4.69, 9.17) is 4.42 Å². The summed E-state index contributed by atoms with van der Waals surface area (Å²) in [5, 5.41) is 0.